The van der Waals surface area contributed by atoms with Gasteiger partial charge in [0, 0.05) is 17.4 Å². The van der Waals surface area contributed by atoms with Gasteiger partial charge in [0.15, 0.2) is 11.5 Å². The Balaban J connectivity index is 1.84. The van der Waals surface area contributed by atoms with Crippen molar-refractivity contribution in [2.75, 3.05) is 24.9 Å². The highest BCUT2D eigenvalue weighted by molar-refractivity contribution is 6.08. The molecule has 30 heavy (non-hydrogen) atoms. The lowest BCUT2D eigenvalue weighted by Gasteiger charge is -2.14. The predicted molar refractivity (Wildman–Crippen MR) is 109 cm³/mol. The number of nitrogens with one attached hydrogen (secondary N) is 2. The number of benzene rings is 3. The lowest BCUT2D eigenvalue weighted by Crippen LogP contribution is -2.14. The summed E-state index contributed by atoms with van der Waals surface area (Å²) in [6, 6.07) is 16.2. The fourth-order valence-electron chi connectivity index (χ4n) is 2.83. The number of hydrogen-bond donors (Lipinski definition) is 2. The number of halogens is 3. The van der Waals surface area contributed by atoms with Crippen LogP contribution in [0.1, 0.15) is 15.9 Å². The second kappa shape index (κ2) is 8.77. The van der Waals surface area contributed by atoms with Gasteiger partial charge in [-0.3, -0.25) is 4.79 Å². The van der Waals surface area contributed by atoms with Crippen LogP contribution in [0, 0.1) is 0 Å². The molecular formula is C22H19F3N2O3. The largest absolute Gasteiger partial charge is 0.493 e. The Morgan fingerprint density at radius 3 is 2.27 bits per heavy atom. The van der Waals surface area contributed by atoms with Crippen molar-refractivity contribution in [2.45, 2.75) is 6.18 Å². The van der Waals surface area contributed by atoms with Gasteiger partial charge in [-0.2, -0.15) is 13.2 Å². The van der Waals surface area contributed by atoms with E-state index in [0.29, 0.717) is 22.9 Å². The van der Waals surface area contributed by atoms with E-state index < -0.39 is 17.6 Å². The Morgan fingerprint density at radius 2 is 1.57 bits per heavy atom. The first kappa shape index (κ1) is 21.0. The SMILES string of the molecule is COc1ccc(NC(=O)c2ccccc2Nc2cccc(C(F)(F)F)c2)cc1OC. The molecule has 0 spiro atoms. The molecule has 0 saturated carbocycles. The van der Waals surface area contributed by atoms with Crippen molar-refractivity contribution >= 4 is 23.0 Å². The molecule has 0 aliphatic heterocycles. The minimum Gasteiger partial charge on any atom is -0.493 e. The summed E-state index contributed by atoms with van der Waals surface area (Å²) >= 11 is 0. The van der Waals surface area contributed by atoms with Crippen molar-refractivity contribution in [3.05, 3.63) is 77.9 Å². The second-order valence-corrected chi connectivity index (χ2v) is 6.27. The summed E-state index contributed by atoms with van der Waals surface area (Å²) in [4.78, 5) is 12.8. The van der Waals surface area contributed by atoms with Crippen LogP contribution in [0.3, 0.4) is 0 Å². The van der Waals surface area contributed by atoms with E-state index in [0.717, 1.165) is 12.1 Å². The van der Waals surface area contributed by atoms with Crippen LogP contribution in [0.2, 0.25) is 0 Å². The van der Waals surface area contributed by atoms with Gasteiger partial charge < -0.3 is 20.1 Å². The molecule has 3 rings (SSSR count). The zero-order valence-electron chi connectivity index (χ0n) is 16.2. The highest BCUT2D eigenvalue weighted by Crippen LogP contribution is 2.33. The summed E-state index contributed by atoms with van der Waals surface area (Å²) in [5.41, 5.74) is 0.557. The summed E-state index contributed by atoms with van der Waals surface area (Å²) in [5, 5.41) is 5.64. The first-order valence-electron chi connectivity index (χ1n) is 8.88. The van der Waals surface area contributed by atoms with Crippen LogP contribution in [-0.2, 0) is 6.18 Å². The summed E-state index contributed by atoms with van der Waals surface area (Å²) in [6.07, 6.45) is -4.46. The van der Waals surface area contributed by atoms with Gasteiger partial charge >= 0.3 is 6.18 Å². The Morgan fingerprint density at radius 1 is 0.833 bits per heavy atom. The van der Waals surface area contributed by atoms with Crippen LogP contribution in [-0.4, -0.2) is 20.1 Å². The standard InChI is InChI=1S/C22H19F3N2O3/c1-29-19-11-10-16(13-20(19)30-2)27-21(28)17-8-3-4-9-18(17)26-15-7-5-6-14(12-15)22(23,24)25/h3-13,26H,1-2H3,(H,27,28). The summed E-state index contributed by atoms with van der Waals surface area (Å²) in [6.45, 7) is 0. The second-order valence-electron chi connectivity index (χ2n) is 6.27. The Labute approximate surface area is 171 Å². The zero-order chi connectivity index (χ0) is 21.7. The lowest BCUT2D eigenvalue weighted by atomic mass is 10.1. The van der Waals surface area contributed by atoms with Crippen molar-refractivity contribution in [1.82, 2.24) is 0 Å². The van der Waals surface area contributed by atoms with Gasteiger partial charge in [-0.05, 0) is 42.5 Å². The van der Waals surface area contributed by atoms with Crippen LogP contribution in [0.4, 0.5) is 30.2 Å². The van der Waals surface area contributed by atoms with Gasteiger partial charge in [-0.1, -0.05) is 18.2 Å². The molecular weight excluding hydrogens is 397 g/mol. The topological polar surface area (TPSA) is 59.6 Å². The third-order valence-electron chi connectivity index (χ3n) is 4.28. The minimum absolute atomic E-state index is 0.219. The molecule has 0 radical (unpaired) electrons. The van der Waals surface area contributed by atoms with Crippen molar-refractivity contribution in [2.24, 2.45) is 0 Å². The number of alkyl halides is 3. The maximum Gasteiger partial charge on any atom is 0.416 e. The van der Waals surface area contributed by atoms with E-state index in [4.69, 9.17) is 9.47 Å². The van der Waals surface area contributed by atoms with Gasteiger partial charge in [0.1, 0.15) is 0 Å². The maximum atomic E-state index is 13.0. The minimum atomic E-state index is -4.46. The molecule has 3 aromatic rings. The van der Waals surface area contributed by atoms with E-state index in [1.807, 2.05) is 0 Å². The first-order valence-corrected chi connectivity index (χ1v) is 8.88. The third kappa shape index (κ3) is 4.83. The maximum absolute atomic E-state index is 13.0. The number of carbonyl (C=O) groups is 1. The molecule has 0 bridgehead atoms. The molecule has 0 aliphatic rings. The van der Waals surface area contributed by atoms with Crippen LogP contribution >= 0.6 is 0 Å². The van der Waals surface area contributed by atoms with Crippen molar-refractivity contribution in [1.29, 1.82) is 0 Å². The fourth-order valence-corrected chi connectivity index (χ4v) is 2.83. The van der Waals surface area contributed by atoms with Gasteiger partial charge in [0.25, 0.3) is 5.91 Å². The lowest BCUT2D eigenvalue weighted by molar-refractivity contribution is -0.137. The molecule has 0 aliphatic carbocycles. The van der Waals surface area contributed by atoms with E-state index in [9.17, 15) is 18.0 Å². The highest BCUT2D eigenvalue weighted by Gasteiger charge is 2.30. The predicted octanol–water partition coefficient (Wildman–Crippen LogP) is 5.72. The smallest absolute Gasteiger partial charge is 0.416 e. The molecule has 5 nitrogen and oxygen atoms in total. The Kier molecular flexibility index (Phi) is 6.15. The molecule has 1 amide bonds. The number of rotatable bonds is 6. The van der Waals surface area contributed by atoms with E-state index in [1.54, 1.807) is 42.5 Å². The number of para-hydroxylation sites is 1. The van der Waals surface area contributed by atoms with Crippen LogP contribution < -0.4 is 20.1 Å². The van der Waals surface area contributed by atoms with Crippen molar-refractivity contribution in [3.8, 4) is 11.5 Å². The molecule has 0 saturated heterocycles. The van der Waals surface area contributed by atoms with E-state index in [1.165, 1.54) is 26.4 Å². The average Bonchev–Trinajstić information content (AvgIpc) is 2.73. The van der Waals surface area contributed by atoms with Crippen LogP contribution in [0.25, 0.3) is 0 Å². The molecule has 0 fully saturated rings. The van der Waals surface area contributed by atoms with E-state index in [2.05, 4.69) is 10.6 Å². The van der Waals surface area contributed by atoms with E-state index >= 15 is 0 Å². The summed E-state index contributed by atoms with van der Waals surface area (Å²) in [5.74, 6) is 0.532. The van der Waals surface area contributed by atoms with Crippen molar-refractivity contribution in [3.63, 3.8) is 0 Å². The number of amides is 1. The number of ether oxygens (including phenoxy) is 2. The van der Waals surface area contributed by atoms with Gasteiger partial charge in [-0.25, -0.2) is 0 Å². The number of hydrogen-bond acceptors (Lipinski definition) is 4. The summed E-state index contributed by atoms with van der Waals surface area (Å²) < 4.78 is 49.3. The first-order chi connectivity index (χ1) is 14.3. The van der Waals surface area contributed by atoms with Gasteiger partial charge in [-0.15, -0.1) is 0 Å². The quantitative estimate of drug-likeness (QED) is 0.540. The normalized spacial score (nSPS) is 11.0. The van der Waals surface area contributed by atoms with E-state index in [-0.39, 0.29) is 11.3 Å². The molecule has 0 aromatic heterocycles. The third-order valence-corrected chi connectivity index (χ3v) is 4.28. The fraction of sp³-hybridized carbons (Fsp3) is 0.136. The number of anilines is 3. The Hall–Kier alpha value is -3.68. The van der Waals surface area contributed by atoms with Gasteiger partial charge in [0.2, 0.25) is 0 Å². The molecule has 0 heterocycles. The average molecular weight is 416 g/mol. The molecule has 3 aromatic carbocycles. The molecule has 8 heteroatoms. The highest BCUT2D eigenvalue weighted by atomic mass is 19.4. The number of carbonyl (C=O) groups excluding carboxylic acids is 1. The van der Waals surface area contributed by atoms with Gasteiger partial charge in [0.05, 0.1) is 31.0 Å². The Bertz CT molecular complexity index is 1050. The molecule has 0 unspecified atom stereocenters. The number of methoxy groups -OCH3 is 2. The molecule has 156 valence electrons. The molecule has 2 N–H and O–H groups in total. The van der Waals surface area contributed by atoms with Crippen LogP contribution in [0.5, 0.6) is 11.5 Å². The molecule has 0 atom stereocenters. The van der Waals surface area contributed by atoms with Crippen molar-refractivity contribution < 1.29 is 27.4 Å². The van der Waals surface area contributed by atoms with Crippen LogP contribution in [0.15, 0.2) is 66.7 Å². The summed E-state index contributed by atoms with van der Waals surface area (Å²) in [7, 11) is 2.99. The monoisotopic (exact) mass is 416 g/mol. The zero-order valence-corrected chi connectivity index (χ0v) is 16.2.